The van der Waals surface area contributed by atoms with Gasteiger partial charge in [-0.3, -0.25) is 4.79 Å². The van der Waals surface area contributed by atoms with Crippen molar-refractivity contribution in [3.8, 4) is 0 Å². The lowest BCUT2D eigenvalue weighted by atomic mass is 9.71. The Hall–Kier alpha value is -1.56. The number of fused-ring (bicyclic) bond motifs is 1. The van der Waals surface area contributed by atoms with Crippen molar-refractivity contribution < 1.29 is 9.90 Å². The summed E-state index contributed by atoms with van der Waals surface area (Å²) in [6.07, 6.45) is 5.44. The van der Waals surface area contributed by atoms with Crippen LogP contribution in [0.1, 0.15) is 24.8 Å². The maximum Gasteiger partial charge on any atom is 0.222 e. The molecule has 0 radical (unpaired) electrons. The van der Waals surface area contributed by atoms with Crippen LogP contribution in [0.4, 0.5) is 0 Å². The van der Waals surface area contributed by atoms with Crippen molar-refractivity contribution >= 4 is 29.2 Å². The molecule has 1 atom stereocenters. The summed E-state index contributed by atoms with van der Waals surface area (Å²) in [5, 5.41) is 14.4. The number of likely N-dealkylation sites (tertiary alicyclic amines) is 1. The van der Waals surface area contributed by atoms with Crippen LogP contribution in [0, 0.1) is 11.3 Å². The minimum absolute atomic E-state index is 0. The second-order valence-electron chi connectivity index (χ2n) is 7.63. The summed E-state index contributed by atoms with van der Waals surface area (Å²) in [6, 6.07) is 8.22. The van der Waals surface area contributed by atoms with Crippen molar-refractivity contribution in [3.05, 3.63) is 36.0 Å². The number of nitrogens with one attached hydrogen (secondary N) is 2. The number of aryl methyl sites for hydroxylation is 1. The van der Waals surface area contributed by atoms with E-state index in [1.54, 1.807) is 0 Å². The zero-order chi connectivity index (χ0) is 17.3. The van der Waals surface area contributed by atoms with Crippen LogP contribution >= 0.6 is 12.4 Å². The highest BCUT2D eigenvalue weighted by atomic mass is 35.5. The van der Waals surface area contributed by atoms with Gasteiger partial charge < -0.3 is 20.3 Å². The van der Waals surface area contributed by atoms with E-state index in [2.05, 4.69) is 22.4 Å². The monoisotopic (exact) mass is 377 g/mol. The van der Waals surface area contributed by atoms with Gasteiger partial charge in [-0.2, -0.15) is 0 Å². The maximum atomic E-state index is 12.8. The Kier molecular flexibility index (Phi) is 5.90. The molecule has 4 rings (SSSR count). The van der Waals surface area contributed by atoms with Gasteiger partial charge >= 0.3 is 0 Å². The normalized spacial score (nSPS) is 21.9. The van der Waals surface area contributed by atoms with E-state index in [9.17, 15) is 9.90 Å². The number of aromatic amines is 1. The van der Waals surface area contributed by atoms with E-state index >= 15 is 0 Å². The summed E-state index contributed by atoms with van der Waals surface area (Å²) in [4.78, 5) is 18.1. The van der Waals surface area contributed by atoms with Gasteiger partial charge in [0, 0.05) is 49.1 Å². The zero-order valence-corrected chi connectivity index (χ0v) is 15.9. The predicted octanol–water partition coefficient (Wildman–Crippen LogP) is 2.34. The van der Waals surface area contributed by atoms with Crippen LogP contribution in [0.15, 0.2) is 30.5 Å². The summed E-state index contributed by atoms with van der Waals surface area (Å²) in [6.45, 7) is 3.70. The molecule has 142 valence electrons. The first-order valence-electron chi connectivity index (χ1n) is 9.36. The first kappa shape index (κ1) is 19.2. The molecule has 5 nitrogen and oxygen atoms in total. The molecular formula is C20H28ClN3O2. The third kappa shape index (κ3) is 3.48. The van der Waals surface area contributed by atoms with Gasteiger partial charge in [-0.05, 0) is 49.4 Å². The average molecular weight is 378 g/mol. The standard InChI is InChI=1S/C20H27N3O2.ClH/c24-13-16-12-23(14-20(16)7-9-21-10-8-20)19(25)6-5-15-11-22-18-4-2-1-3-17(15)18;/h1-4,11,16,21-22,24H,5-10,12-14H2;1H. The van der Waals surface area contributed by atoms with Gasteiger partial charge in [-0.15, -0.1) is 12.4 Å². The lowest BCUT2D eigenvalue weighted by Crippen LogP contribution is -2.43. The van der Waals surface area contributed by atoms with Gasteiger partial charge in [0.15, 0.2) is 0 Å². The number of aromatic nitrogens is 1. The molecular weight excluding hydrogens is 350 g/mol. The smallest absolute Gasteiger partial charge is 0.222 e. The van der Waals surface area contributed by atoms with Gasteiger partial charge in [0.25, 0.3) is 0 Å². The van der Waals surface area contributed by atoms with E-state index in [0.717, 1.165) is 44.4 Å². The number of benzene rings is 1. The topological polar surface area (TPSA) is 68.4 Å². The minimum atomic E-state index is 0. The molecule has 1 aromatic heterocycles. The third-order valence-corrected chi connectivity index (χ3v) is 6.27. The summed E-state index contributed by atoms with van der Waals surface area (Å²) in [5.41, 5.74) is 2.45. The van der Waals surface area contributed by atoms with Crippen LogP contribution in [-0.4, -0.2) is 53.7 Å². The van der Waals surface area contributed by atoms with Crippen LogP contribution in [0.5, 0.6) is 0 Å². The summed E-state index contributed by atoms with van der Waals surface area (Å²) < 4.78 is 0. The molecule has 26 heavy (non-hydrogen) atoms. The number of aliphatic hydroxyl groups is 1. The molecule has 2 aliphatic rings. The highest BCUT2D eigenvalue weighted by molar-refractivity contribution is 5.85. The largest absolute Gasteiger partial charge is 0.396 e. The van der Waals surface area contributed by atoms with Crippen LogP contribution in [0.2, 0.25) is 0 Å². The molecule has 2 aliphatic heterocycles. The van der Waals surface area contributed by atoms with Crippen molar-refractivity contribution in [3.63, 3.8) is 0 Å². The van der Waals surface area contributed by atoms with Gasteiger partial charge in [0.2, 0.25) is 5.91 Å². The number of piperidine rings is 1. The van der Waals surface area contributed by atoms with E-state index in [4.69, 9.17) is 0 Å². The molecule has 0 aliphatic carbocycles. The van der Waals surface area contributed by atoms with Gasteiger partial charge in [0.05, 0.1) is 0 Å². The number of halogens is 1. The van der Waals surface area contributed by atoms with Crippen molar-refractivity contribution in [2.75, 3.05) is 32.8 Å². The van der Waals surface area contributed by atoms with Crippen LogP contribution < -0.4 is 5.32 Å². The Labute approximate surface area is 160 Å². The number of hydrogen-bond donors (Lipinski definition) is 3. The number of hydrogen-bond acceptors (Lipinski definition) is 3. The molecule has 6 heteroatoms. The second-order valence-corrected chi connectivity index (χ2v) is 7.63. The molecule has 2 fully saturated rings. The van der Waals surface area contributed by atoms with Crippen LogP contribution in [-0.2, 0) is 11.2 Å². The molecule has 1 amide bonds. The molecule has 3 N–H and O–H groups in total. The predicted molar refractivity (Wildman–Crippen MR) is 106 cm³/mol. The molecule has 0 saturated carbocycles. The minimum Gasteiger partial charge on any atom is -0.396 e. The van der Waals surface area contributed by atoms with E-state index in [1.807, 2.05) is 23.2 Å². The first-order chi connectivity index (χ1) is 12.2. The van der Waals surface area contributed by atoms with Gasteiger partial charge in [-0.25, -0.2) is 0 Å². The van der Waals surface area contributed by atoms with E-state index in [0.29, 0.717) is 13.0 Å². The summed E-state index contributed by atoms with van der Waals surface area (Å²) in [7, 11) is 0. The summed E-state index contributed by atoms with van der Waals surface area (Å²) >= 11 is 0. The van der Waals surface area contributed by atoms with Crippen LogP contribution in [0.3, 0.4) is 0 Å². The molecule has 1 spiro atoms. The Balaban J connectivity index is 0.00000196. The van der Waals surface area contributed by atoms with E-state index in [-0.39, 0.29) is 36.3 Å². The Morgan fingerprint density at radius 1 is 1.27 bits per heavy atom. The Bertz CT molecular complexity index is 754. The molecule has 0 bridgehead atoms. The third-order valence-electron chi connectivity index (χ3n) is 6.27. The number of carbonyl (C=O) groups excluding carboxylic acids is 1. The SMILES string of the molecule is Cl.O=C(CCc1c[nH]c2ccccc12)N1CC(CO)C2(CCNCC2)C1. The number of para-hydroxylation sites is 1. The van der Waals surface area contributed by atoms with Crippen LogP contribution in [0.25, 0.3) is 10.9 Å². The molecule has 2 saturated heterocycles. The molecule has 3 heterocycles. The highest BCUT2D eigenvalue weighted by Gasteiger charge is 2.47. The first-order valence-corrected chi connectivity index (χ1v) is 9.36. The van der Waals surface area contributed by atoms with Gasteiger partial charge in [-0.1, -0.05) is 18.2 Å². The lowest BCUT2D eigenvalue weighted by Gasteiger charge is -2.37. The number of nitrogens with zero attached hydrogens (tertiary/aromatic N) is 1. The second kappa shape index (κ2) is 7.99. The molecule has 1 aromatic carbocycles. The van der Waals surface area contributed by atoms with Gasteiger partial charge in [0.1, 0.15) is 0 Å². The fraction of sp³-hybridized carbons (Fsp3) is 0.550. The highest BCUT2D eigenvalue weighted by Crippen LogP contribution is 2.43. The number of amides is 1. The number of H-pyrrole nitrogens is 1. The van der Waals surface area contributed by atoms with Crippen molar-refractivity contribution in [2.24, 2.45) is 11.3 Å². The van der Waals surface area contributed by atoms with Crippen molar-refractivity contribution in [1.29, 1.82) is 0 Å². The number of rotatable bonds is 4. The lowest BCUT2D eigenvalue weighted by molar-refractivity contribution is -0.130. The zero-order valence-electron chi connectivity index (χ0n) is 15.0. The average Bonchev–Trinajstić information content (AvgIpc) is 3.22. The summed E-state index contributed by atoms with van der Waals surface area (Å²) in [5.74, 6) is 0.450. The Morgan fingerprint density at radius 2 is 2.04 bits per heavy atom. The Morgan fingerprint density at radius 3 is 2.81 bits per heavy atom. The maximum absolute atomic E-state index is 12.8. The number of carbonyl (C=O) groups is 1. The fourth-order valence-electron chi connectivity index (χ4n) is 4.70. The quantitative estimate of drug-likeness (QED) is 0.766. The fourth-order valence-corrected chi connectivity index (χ4v) is 4.70. The molecule has 1 unspecified atom stereocenters. The van der Waals surface area contributed by atoms with E-state index < -0.39 is 0 Å². The van der Waals surface area contributed by atoms with Crippen molar-refractivity contribution in [2.45, 2.75) is 25.7 Å². The van der Waals surface area contributed by atoms with Crippen molar-refractivity contribution in [1.82, 2.24) is 15.2 Å². The molecule has 2 aromatic rings. The number of aliphatic hydroxyl groups excluding tert-OH is 1. The van der Waals surface area contributed by atoms with E-state index in [1.165, 1.54) is 10.9 Å².